The topological polar surface area (TPSA) is 118 Å². The minimum absolute atomic E-state index is 0.0147. The van der Waals surface area contributed by atoms with Gasteiger partial charge in [0.25, 0.3) is 0 Å². The van der Waals surface area contributed by atoms with E-state index < -0.39 is 0 Å². The van der Waals surface area contributed by atoms with Crippen LogP contribution in [0.5, 0.6) is 0 Å². The predicted octanol–water partition coefficient (Wildman–Crippen LogP) is 6.01. The number of aromatic nitrogens is 8. The lowest BCUT2D eigenvalue weighted by Gasteiger charge is -2.12. The van der Waals surface area contributed by atoms with Crippen LogP contribution in [0, 0.1) is 5.92 Å². The lowest BCUT2D eigenvalue weighted by Crippen LogP contribution is -2.19. The van der Waals surface area contributed by atoms with Gasteiger partial charge >= 0.3 is 0 Å². The standard InChI is InChI=1S/C27H20N8OS/c36-27(14-3-1-2-4-14)35-17-7-15(9-28-11-17)16-8-18-24(33-34-25(18)30-10-16)26-31-20-13-29-12-19(23(20)32-26)21-5-6-22(35)37-21/h5-14,33H,1-4H2,(H,30,34). The van der Waals surface area contributed by atoms with Crippen LogP contribution in [0.15, 0.2) is 55.2 Å². The third kappa shape index (κ3) is 3.15. The van der Waals surface area contributed by atoms with Crippen LogP contribution >= 0.6 is 11.3 Å². The molecule has 3 aliphatic rings. The summed E-state index contributed by atoms with van der Waals surface area (Å²) in [6, 6.07) is 8.12. The van der Waals surface area contributed by atoms with E-state index in [0.717, 1.165) is 79.2 Å². The van der Waals surface area contributed by atoms with Crippen molar-refractivity contribution in [3.63, 3.8) is 0 Å². The van der Waals surface area contributed by atoms with Crippen molar-refractivity contribution in [1.29, 1.82) is 0 Å². The highest BCUT2D eigenvalue weighted by atomic mass is 32.1. The highest BCUT2D eigenvalue weighted by molar-refractivity contribution is 7.24. The summed E-state index contributed by atoms with van der Waals surface area (Å²) in [6.07, 6.45) is 13.0. The van der Waals surface area contributed by atoms with E-state index in [0.29, 0.717) is 11.3 Å². The summed E-state index contributed by atoms with van der Waals surface area (Å²) in [5.41, 5.74) is 5.16. The minimum atomic E-state index is 0.0147. The summed E-state index contributed by atoms with van der Waals surface area (Å²) in [7, 11) is 0. The molecule has 1 aliphatic carbocycles. The van der Waals surface area contributed by atoms with Crippen LogP contribution in [0.4, 0.5) is 0 Å². The number of carbonyl (C=O) groups is 1. The van der Waals surface area contributed by atoms with E-state index in [9.17, 15) is 4.79 Å². The van der Waals surface area contributed by atoms with Gasteiger partial charge in [0.15, 0.2) is 11.3 Å². The number of hydrogen-bond donors (Lipinski definition) is 2. The summed E-state index contributed by atoms with van der Waals surface area (Å²) in [4.78, 5) is 38.1. The zero-order valence-corrected chi connectivity index (χ0v) is 20.4. The SMILES string of the molecule is O=C(C1CCCC1)n1c2cncc(c2)c2cnc3[nH][nH]c(c4nc5cncc(c6ccc1s6)c5n4)-c3c2. The first-order chi connectivity index (χ1) is 18.2. The molecule has 2 N–H and O–H groups in total. The van der Waals surface area contributed by atoms with Crippen LogP contribution < -0.4 is 0 Å². The van der Waals surface area contributed by atoms with Crippen molar-refractivity contribution in [3.05, 3.63) is 55.2 Å². The third-order valence-corrected chi connectivity index (χ3v) is 8.45. The molecule has 8 rings (SSSR count). The fraction of sp³-hybridized carbons (Fsp3) is 0.185. The van der Waals surface area contributed by atoms with Crippen molar-refractivity contribution in [3.8, 4) is 11.3 Å². The molecule has 1 saturated carbocycles. The number of hydrogen-bond acceptors (Lipinski definition) is 7. The fourth-order valence-corrected chi connectivity index (χ4v) is 6.52. The van der Waals surface area contributed by atoms with Gasteiger partial charge in [0, 0.05) is 50.9 Å². The Balaban J connectivity index is 1.57. The number of fused-ring (bicyclic) bond motifs is 9. The van der Waals surface area contributed by atoms with Crippen LogP contribution in [0.3, 0.4) is 0 Å². The second kappa shape index (κ2) is 7.78. The molecule has 0 radical (unpaired) electrons. The Kier molecular flexibility index (Phi) is 4.36. The van der Waals surface area contributed by atoms with Gasteiger partial charge in [-0.3, -0.25) is 29.5 Å². The normalized spacial score (nSPS) is 14.6. The molecule has 0 atom stereocenters. The molecular weight excluding hydrogens is 484 g/mol. The van der Waals surface area contributed by atoms with E-state index in [4.69, 9.17) is 9.97 Å². The van der Waals surface area contributed by atoms with E-state index in [1.165, 1.54) is 0 Å². The van der Waals surface area contributed by atoms with Crippen molar-refractivity contribution in [2.24, 2.45) is 5.92 Å². The minimum Gasteiger partial charge on any atom is -0.295 e. The Bertz CT molecular complexity index is 2040. The number of nitrogens with zero attached hydrogens (tertiary/aromatic N) is 6. The number of pyridine rings is 3. The molecule has 37 heavy (non-hydrogen) atoms. The molecule has 0 saturated heterocycles. The molecule has 0 unspecified atom stereocenters. The van der Waals surface area contributed by atoms with Gasteiger partial charge in [-0.05, 0) is 37.1 Å². The zero-order valence-electron chi connectivity index (χ0n) is 19.6. The van der Waals surface area contributed by atoms with E-state index in [2.05, 4.69) is 31.2 Å². The van der Waals surface area contributed by atoms with Crippen LogP contribution in [-0.4, -0.2) is 45.6 Å². The quantitative estimate of drug-likeness (QED) is 0.283. The first-order valence-corrected chi connectivity index (χ1v) is 13.1. The third-order valence-electron chi connectivity index (χ3n) is 7.35. The second-order valence-electron chi connectivity index (χ2n) is 9.57. The Hall–Kier alpha value is -4.44. The summed E-state index contributed by atoms with van der Waals surface area (Å²) in [5, 5.41) is 8.99. The summed E-state index contributed by atoms with van der Waals surface area (Å²) in [6.45, 7) is 0. The maximum atomic E-state index is 13.9. The van der Waals surface area contributed by atoms with Gasteiger partial charge < -0.3 is 0 Å². The van der Waals surface area contributed by atoms with Crippen LogP contribution in [0.2, 0.25) is 0 Å². The molecule has 10 heteroatoms. The first-order valence-electron chi connectivity index (χ1n) is 12.3. The monoisotopic (exact) mass is 504 g/mol. The van der Waals surface area contributed by atoms with Gasteiger partial charge in [0.2, 0.25) is 5.91 Å². The van der Waals surface area contributed by atoms with Gasteiger partial charge in [-0.1, -0.05) is 12.8 Å². The molecular formula is C27H20N8OS. The number of carbonyl (C=O) groups excluding carboxylic acids is 1. The molecule has 180 valence electrons. The summed E-state index contributed by atoms with van der Waals surface area (Å²) in [5.74, 6) is 0.137. The second-order valence-corrected chi connectivity index (χ2v) is 10.6. The lowest BCUT2D eigenvalue weighted by molar-refractivity contribution is 0.0847. The Morgan fingerprint density at radius 2 is 1.81 bits per heavy atom. The molecule has 9 nitrogen and oxygen atoms in total. The van der Waals surface area contributed by atoms with E-state index in [1.807, 2.05) is 41.4 Å². The van der Waals surface area contributed by atoms with E-state index in [1.54, 1.807) is 23.7 Å². The number of H-pyrrole nitrogens is 2. The maximum Gasteiger partial charge on any atom is 0.235 e. The number of rotatable bonds is 1. The van der Waals surface area contributed by atoms with Gasteiger partial charge in [-0.2, -0.15) is 0 Å². The molecule has 8 bridgehead atoms. The van der Waals surface area contributed by atoms with Crippen LogP contribution in [0.25, 0.3) is 64.8 Å². The van der Waals surface area contributed by atoms with Crippen molar-refractivity contribution < 1.29 is 4.79 Å². The Morgan fingerprint density at radius 1 is 0.946 bits per heavy atom. The average molecular weight is 505 g/mol. The molecule has 5 aromatic rings. The average Bonchev–Trinajstić information content (AvgIpc) is 3.73. The first kappa shape index (κ1) is 20.7. The molecule has 5 aromatic heterocycles. The van der Waals surface area contributed by atoms with Crippen LogP contribution in [0.1, 0.15) is 30.5 Å². The fourth-order valence-electron chi connectivity index (χ4n) is 5.48. The molecule has 0 spiro atoms. The van der Waals surface area contributed by atoms with Gasteiger partial charge in [0.05, 0.1) is 17.9 Å². The van der Waals surface area contributed by atoms with Gasteiger partial charge in [-0.15, -0.1) is 11.3 Å². The van der Waals surface area contributed by atoms with E-state index in [-0.39, 0.29) is 11.8 Å². The van der Waals surface area contributed by atoms with Crippen molar-refractivity contribution in [2.75, 3.05) is 0 Å². The Labute approximate surface area is 213 Å². The van der Waals surface area contributed by atoms with Crippen molar-refractivity contribution in [1.82, 2.24) is 39.7 Å². The number of aromatic amines is 2. The molecule has 0 amide bonds. The van der Waals surface area contributed by atoms with E-state index >= 15 is 0 Å². The maximum absolute atomic E-state index is 13.9. The molecule has 2 aliphatic heterocycles. The van der Waals surface area contributed by atoms with Crippen molar-refractivity contribution >= 4 is 70.8 Å². The highest BCUT2D eigenvalue weighted by Crippen LogP contribution is 2.33. The largest absolute Gasteiger partial charge is 0.295 e. The highest BCUT2D eigenvalue weighted by Gasteiger charge is 2.25. The smallest absolute Gasteiger partial charge is 0.235 e. The van der Waals surface area contributed by atoms with Crippen LogP contribution in [-0.2, 0) is 0 Å². The van der Waals surface area contributed by atoms with Gasteiger partial charge in [0.1, 0.15) is 21.6 Å². The zero-order chi connectivity index (χ0) is 24.5. The lowest BCUT2D eigenvalue weighted by atomic mass is 10.1. The summed E-state index contributed by atoms with van der Waals surface area (Å²) >= 11 is 1.56. The number of thiophene rings is 1. The van der Waals surface area contributed by atoms with Gasteiger partial charge in [-0.25, -0.2) is 15.0 Å². The Morgan fingerprint density at radius 3 is 2.73 bits per heavy atom. The number of nitrogens with one attached hydrogen (secondary N) is 2. The van der Waals surface area contributed by atoms with Crippen molar-refractivity contribution in [2.45, 2.75) is 25.7 Å². The summed E-state index contributed by atoms with van der Waals surface area (Å²) < 4.78 is 2.82. The predicted molar refractivity (Wildman–Crippen MR) is 144 cm³/mol. The molecule has 7 heterocycles. The number of imidazole rings is 1. The molecule has 1 fully saturated rings. The molecule has 0 aromatic carbocycles.